The van der Waals surface area contributed by atoms with Crippen LogP contribution in [0.15, 0.2) is 35.1 Å². The van der Waals surface area contributed by atoms with Crippen LogP contribution in [-0.4, -0.2) is 35.5 Å². The van der Waals surface area contributed by atoms with Gasteiger partial charge in [-0.3, -0.25) is 4.79 Å². The van der Waals surface area contributed by atoms with Crippen LogP contribution < -0.4 is 10.2 Å². The van der Waals surface area contributed by atoms with Gasteiger partial charge < -0.3 is 10.2 Å². The quantitative estimate of drug-likeness (QED) is 0.809. The topological polar surface area (TPSA) is 58.1 Å². The van der Waals surface area contributed by atoms with E-state index in [0.717, 1.165) is 30.4 Å². The summed E-state index contributed by atoms with van der Waals surface area (Å²) in [5.41, 5.74) is 0.466. The molecule has 1 aliphatic heterocycles. The highest BCUT2D eigenvalue weighted by Gasteiger charge is 2.22. The monoisotopic (exact) mass is 426 g/mol. The summed E-state index contributed by atoms with van der Waals surface area (Å²) in [6.45, 7) is 2.16. The number of carbonyl (C=O) groups is 1. The first kappa shape index (κ1) is 18.1. The molecule has 0 atom stereocenters. The third-order valence-electron chi connectivity index (χ3n) is 4.23. The molecule has 25 heavy (non-hydrogen) atoms. The van der Waals surface area contributed by atoms with Crippen molar-refractivity contribution in [1.82, 2.24) is 15.3 Å². The molecule has 0 saturated carbocycles. The van der Waals surface area contributed by atoms with E-state index in [1.165, 1.54) is 12.4 Å². The minimum absolute atomic E-state index is 0.171. The van der Waals surface area contributed by atoms with Gasteiger partial charge in [-0.2, -0.15) is 0 Å². The molecule has 3 rings (SSSR count). The molecule has 1 aromatic heterocycles. The predicted molar refractivity (Wildman–Crippen MR) is 98.4 cm³/mol. The number of halogens is 3. The Hall–Kier alpha value is -1.73. The van der Waals surface area contributed by atoms with Crippen LogP contribution in [0, 0.1) is 11.7 Å². The summed E-state index contributed by atoms with van der Waals surface area (Å²) in [5.74, 6) is 0.319. The Labute approximate surface area is 158 Å². The maximum Gasteiger partial charge on any atom is 0.252 e. The van der Waals surface area contributed by atoms with Gasteiger partial charge in [-0.15, -0.1) is 0 Å². The van der Waals surface area contributed by atoms with Crippen LogP contribution in [0.25, 0.3) is 0 Å². The first-order chi connectivity index (χ1) is 12.0. The fourth-order valence-electron chi connectivity index (χ4n) is 2.81. The molecule has 1 N–H and O–H groups in total. The highest BCUT2D eigenvalue weighted by Crippen LogP contribution is 2.22. The van der Waals surface area contributed by atoms with E-state index in [9.17, 15) is 9.18 Å². The minimum Gasteiger partial charge on any atom is -0.352 e. The van der Waals surface area contributed by atoms with E-state index in [1.807, 2.05) is 4.90 Å². The molecule has 1 aromatic carbocycles. The van der Waals surface area contributed by atoms with Gasteiger partial charge in [0.15, 0.2) is 5.82 Å². The lowest BCUT2D eigenvalue weighted by Crippen LogP contribution is -2.39. The van der Waals surface area contributed by atoms with Gasteiger partial charge in [-0.25, -0.2) is 14.4 Å². The van der Waals surface area contributed by atoms with Crippen LogP contribution in [0.3, 0.4) is 0 Å². The molecule has 2 heterocycles. The largest absolute Gasteiger partial charge is 0.352 e. The Morgan fingerprint density at radius 3 is 2.68 bits per heavy atom. The van der Waals surface area contributed by atoms with E-state index in [4.69, 9.17) is 11.6 Å². The second-order valence-corrected chi connectivity index (χ2v) is 7.29. The smallest absolute Gasteiger partial charge is 0.252 e. The van der Waals surface area contributed by atoms with Crippen molar-refractivity contribution in [2.75, 3.05) is 24.5 Å². The maximum absolute atomic E-state index is 12.9. The first-order valence-electron chi connectivity index (χ1n) is 7.98. The fraction of sp³-hybridized carbons (Fsp3) is 0.353. The summed E-state index contributed by atoms with van der Waals surface area (Å²) >= 11 is 9.43. The van der Waals surface area contributed by atoms with Gasteiger partial charge in [0, 0.05) is 24.1 Å². The average Bonchev–Trinajstić information content (AvgIpc) is 2.63. The summed E-state index contributed by atoms with van der Waals surface area (Å²) < 4.78 is 13.7. The van der Waals surface area contributed by atoms with Crippen molar-refractivity contribution in [2.24, 2.45) is 5.92 Å². The Balaban J connectivity index is 1.50. The number of benzene rings is 1. The standard InChI is InChI=1S/C17H17BrClFN4O/c18-12-1-2-15(19)14(7-12)16(25)21-8-11-3-5-24(6-4-11)17-22-9-13(20)10-23-17/h1-2,7,9-11H,3-6,8H2,(H,21,25). The second-order valence-electron chi connectivity index (χ2n) is 5.97. The fourth-order valence-corrected chi connectivity index (χ4v) is 3.37. The molecule has 2 aromatic rings. The zero-order valence-electron chi connectivity index (χ0n) is 13.4. The SMILES string of the molecule is O=C(NCC1CCN(c2ncc(F)cn2)CC1)c1cc(Br)ccc1Cl. The number of anilines is 1. The molecule has 1 saturated heterocycles. The predicted octanol–water partition coefficient (Wildman–Crippen LogP) is 3.68. The Morgan fingerprint density at radius 1 is 1.32 bits per heavy atom. The lowest BCUT2D eigenvalue weighted by Gasteiger charge is -2.32. The van der Waals surface area contributed by atoms with Crippen molar-refractivity contribution in [3.05, 3.63) is 51.5 Å². The number of hydrogen-bond donors (Lipinski definition) is 1. The number of carbonyl (C=O) groups excluding carboxylic acids is 1. The Morgan fingerprint density at radius 2 is 2.00 bits per heavy atom. The molecule has 132 valence electrons. The van der Waals surface area contributed by atoms with E-state index in [2.05, 4.69) is 31.2 Å². The summed E-state index contributed by atoms with van der Waals surface area (Å²) in [6.07, 6.45) is 4.17. The van der Waals surface area contributed by atoms with E-state index in [-0.39, 0.29) is 5.91 Å². The third kappa shape index (κ3) is 4.67. The number of aromatic nitrogens is 2. The number of nitrogens with one attached hydrogen (secondary N) is 1. The van der Waals surface area contributed by atoms with Crippen LogP contribution in [0.4, 0.5) is 10.3 Å². The molecule has 8 heteroatoms. The molecule has 0 unspecified atom stereocenters. The van der Waals surface area contributed by atoms with E-state index < -0.39 is 5.82 Å². The van der Waals surface area contributed by atoms with E-state index >= 15 is 0 Å². The summed E-state index contributed by atoms with van der Waals surface area (Å²) in [5, 5.41) is 3.39. The molecular weight excluding hydrogens is 411 g/mol. The van der Waals surface area contributed by atoms with Gasteiger partial charge in [-0.05, 0) is 37.0 Å². The van der Waals surface area contributed by atoms with Gasteiger partial charge in [0.2, 0.25) is 5.95 Å². The number of amides is 1. The van der Waals surface area contributed by atoms with Crippen LogP contribution in [0.2, 0.25) is 5.02 Å². The van der Waals surface area contributed by atoms with E-state index in [1.54, 1.807) is 18.2 Å². The zero-order chi connectivity index (χ0) is 17.8. The van der Waals surface area contributed by atoms with Gasteiger partial charge in [0.05, 0.1) is 23.0 Å². The first-order valence-corrected chi connectivity index (χ1v) is 9.16. The van der Waals surface area contributed by atoms with Crippen LogP contribution in [-0.2, 0) is 0 Å². The van der Waals surface area contributed by atoms with Crippen molar-refractivity contribution in [3.63, 3.8) is 0 Å². The highest BCUT2D eigenvalue weighted by molar-refractivity contribution is 9.10. The Bertz CT molecular complexity index is 751. The molecule has 0 bridgehead atoms. The Kier molecular flexibility index (Phi) is 5.86. The molecule has 1 amide bonds. The van der Waals surface area contributed by atoms with Crippen molar-refractivity contribution in [3.8, 4) is 0 Å². The van der Waals surface area contributed by atoms with Crippen molar-refractivity contribution in [2.45, 2.75) is 12.8 Å². The molecule has 5 nitrogen and oxygen atoms in total. The summed E-state index contributed by atoms with van der Waals surface area (Å²) in [6, 6.07) is 5.21. The second kappa shape index (κ2) is 8.10. The average molecular weight is 428 g/mol. The van der Waals surface area contributed by atoms with Gasteiger partial charge >= 0.3 is 0 Å². The molecule has 1 aliphatic rings. The van der Waals surface area contributed by atoms with Crippen molar-refractivity contribution < 1.29 is 9.18 Å². The molecule has 0 radical (unpaired) electrons. The number of nitrogens with zero attached hydrogens (tertiary/aromatic N) is 3. The van der Waals surface area contributed by atoms with Gasteiger partial charge in [-0.1, -0.05) is 27.5 Å². The van der Waals surface area contributed by atoms with Crippen LogP contribution in [0.5, 0.6) is 0 Å². The van der Waals surface area contributed by atoms with Gasteiger partial charge in [0.1, 0.15) is 0 Å². The van der Waals surface area contributed by atoms with Crippen LogP contribution in [0.1, 0.15) is 23.2 Å². The third-order valence-corrected chi connectivity index (χ3v) is 5.05. The molecule has 1 fully saturated rings. The normalized spacial score (nSPS) is 15.2. The minimum atomic E-state index is -0.437. The maximum atomic E-state index is 12.9. The number of rotatable bonds is 4. The molecular formula is C17H17BrClFN4O. The molecule has 0 spiro atoms. The number of piperidine rings is 1. The summed E-state index contributed by atoms with van der Waals surface area (Å²) in [4.78, 5) is 22.3. The van der Waals surface area contributed by atoms with E-state index in [0.29, 0.717) is 29.0 Å². The highest BCUT2D eigenvalue weighted by atomic mass is 79.9. The van der Waals surface area contributed by atoms with Gasteiger partial charge in [0.25, 0.3) is 5.91 Å². The summed E-state index contributed by atoms with van der Waals surface area (Å²) in [7, 11) is 0. The lowest BCUT2D eigenvalue weighted by atomic mass is 9.97. The van der Waals surface area contributed by atoms with Crippen molar-refractivity contribution >= 4 is 39.4 Å². The number of hydrogen-bond acceptors (Lipinski definition) is 4. The molecule has 0 aliphatic carbocycles. The zero-order valence-corrected chi connectivity index (χ0v) is 15.7. The van der Waals surface area contributed by atoms with Crippen molar-refractivity contribution in [1.29, 1.82) is 0 Å². The van der Waals surface area contributed by atoms with Crippen LogP contribution >= 0.6 is 27.5 Å². The lowest BCUT2D eigenvalue weighted by molar-refractivity contribution is 0.0945.